The molecule has 0 saturated carbocycles. The third kappa shape index (κ3) is 4.20. The Kier molecular flexibility index (Phi) is 4.91. The lowest BCUT2D eigenvalue weighted by Gasteiger charge is -2.08. The van der Waals surface area contributed by atoms with Gasteiger partial charge in [-0.15, -0.1) is 0 Å². The number of hydrogen-bond acceptors (Lipinski definition) is 3. The Bertz CT molecular complexity index is 845. The Morgan fingerprint density at radius 2 is 1.79 bits per heavy atom. The molecule has 4 nitrogen and oxygen atoms in total. The zero-order valence-electron chi connectivity index (χ0n) is 13.1. The molecule has 0 spiro atoms. The Labute approximate surface area is 149 Å². The van der Waals surface area contributed by atoms with Gasteiger partial charge in [-0.3, -0.25) is 4.79 Å². The van der Waals surface area contributed by atoms with E-state index in [9.17, 15) is 4.79 Å². The Hall–Kier alpha value is -2.66. The van der Waals surface area contributed by atoms with Gasteiger partial charge in [0.05, 0.1) is 11.9 Å². The number of benzene rings is 2. The third-order valence-corrected chi connectivity index (χ3v) is 3.95. The fraction of sp³-hybridized carbons (Fsp3) is 0.0526. The first-order valence-electron chi connectivity index (χ1n) is 7.47. The number of carbonyl (C=O) groups excluding carboxylic acids is 1. The van der Waals surface area contributed by atoms with Gasteiger partial charge in [0.25, 0.3) is 5.91 Å². The number of aryl methyl sites for hydroxylation is 1. The van der Waals surface area contributed by atoms with Gasteiger partial charge in [0.1, 0.15) is 5.82 Å². The maximum atomic E-state index is 12.2. The van der Waals surface area contributed by atoms with Crippen molar-refractivity contribution in [2.45, 2.75) is 6.92 Å². The fourth-order valence-corrected chi connectivity index (χ4v) is 2.49. The normalized spacial score (nSPS) is 10.2. The molecule has 0 bridgehead atoms. The minimum atomic E-state index is -0.186. The van der Waals surface area contributed by atoms with E-state index in [-0.39, 0.29) is 5.91 Å². The van der Waals surface area contributed by atoms with Crippen molar-refractivity contribution in [1.82, 2.24) is 4.98 Å². The van der Waals surface area contributed by atoms with Gasteiger partial charge in [0, 0.05) is 15.7 Å². The Morgan fingerprint density at radius 1 is 1.00 bits per heavy atom. The SMILES string of the molecule is Cc1cccc(Nc2ccc(NC(=O)c3ccc(Br)cc3)nc2)c1. The van der Waals surface area contributed by atoms with Crippen molar-refractivity contribution in [3.63, 3.8) is 0 Å². The molecule has 24 heavy (non-hydrogen) atoms. The standard InChI is InChI=1S/C19H16BrN3O/c1-13-3-2-4-16(11-13)22-17-9-10-18(21-12-17)23-19(24)14-5-7-15(20)8-6-14/h2-12,22H,1H3,(H,21,23,24). The van der Waals surface area contributed by atoms with E-state index in [1.807, 2.05) is 43.3 Å². The van der Waals surface area contributed by atoms with Crippen LogP contribution >= 0.6 is 15.9 Å². The van der Waals surface area contributed by atoms with E-state index in [2.05, 4.69) is 37.6 Å². The van der Waals surface area contributed by atoms with Gasteiger partial charge in [-0.1, -0.05) is 28.1 Å². The third-order valence-electron chi connectivity index (χ3n) is 3.42. The molecule has 0 aliphatic rings. The van der Waals surface area contributed by atoms with Crippen LogP contribution in [0.3, 0.4) is 0 Å². The van der Waals surface area contributed by atoms with E-state index >= 15 is 0 Å². The number of rotatable bonds is 4. The average Bonchev–Trinajstić information content (AvgIpc) is 2.57. The van der Waals surface area contributed by atoms with Gasteiger partial charge >= 0.3 is 0 Å². The zero-order valence-corrected chi connectivity index (χ0v) is 14.7. The summed E-state index contributed by atoms with van der Waals surface area (Å²) in [6.45, 7) is 2.05. The molecule has 0 radical (unpaired) electrons. The fourth-order valence-electron chi connectivity index (χ4n) is 2.22. The van der Waals surface area contributed by atoms with Crippen LogP contribution in [0, 0.1) is 6.92 Å². The predicted octanol–water partition coefficient (Wildman–Crippen LogP) is 5.15. The second-order valence-electron chi connectivity index (χ2n) is 5.39. The molecule has 0 aliphatic heterocycles. The molecule has 0 saturated heterocycles. The van der Waals surface area contributed by atoms with Gasteiger partial charge in [-0.05, 0) is 61.0 Å². The first-order chi connectivity index (χ1) is 11.6. The number of hydrogen-bond donors (Lipinski definition) is 2. The molecule has 1 heterocycles. The van der Waals surface area contributed by atoms with E-state index < -0.39 is 0 Å². The summed E-state index contributed by atoms with van der Waals surface area (Å²) in [6.07, 6.45) is 1.69. The molecule has 0 aliphatic carbocycles. The molecule has 0 fully saturated rings. The van der Waals surface area contributed by atoms with E-state index in [1.165, 1.54) is 5.56 Å². The highest BCUT2D eigenvalue weighted by Crippen LogP contribution is 2.18. The van der Waals surface area contributed by atoms with E-state index in [0.717, 1.165) is 15.8 Å². The highest BCUT2D eigenvalue weighted by atomic mass is 79.9. The lowest BCUT2D eigenvalue weighted by Crippen LogP contribution is -2.12. The summed E-state index contributed by atoms with van der Waals surface area (Å²) >= 11 is 3.35. The van der Waals surface area contributed by atoms with Crippen LogP contribution in [0.4, 0.5) is 17.2 Å². The van der Waals surface area contributed by atoms with Crippen molar-refractivity contribution in [2.75, 3.05) is 10.6 Å². The molecule has 2 aromatic carbocycles. The first kappa shape index (κ1) is 16.2. The minimum absolute atomic E-state index is 0.186. The molecule has 0 unspecified atom stereocenters. The highest BCUT2D eigenvalue weighted by molar-refractivity contribution is 9.10. The molecule has 0 atom stereocenters. The predicted molar refractivity (Wildman–Crippen MR) is 101 cm³/mol. The molecule has 3 aromatic rings. The lowest BCUT2D eigenvalue weighted by atomic mass is 10.2. The Balaban J connectivity index is 1.66. The minimum Gasteiger partial charge on any atom is -0.354 e. The lowest BCUT2D eigenvalue weighted by molar-refractivity contribution is 0.102. The van der Waals surface area contributed by atoms with Crippen molar-refractivity contribution >= 4 is 39.0 Å². The summed E-state index contributed by atoms with van der Waals surface area (Å²) in [7, 11) is 0. The molecular formula is C19H16BrN3O. The smallest absolute Gasteiger partial charge is 0.256 e. The van der Waals surface area contributed by atoms with E-state index in [1.54, 1.807) is 24.4 Å². The summed E-state index contributed by atoms with van der Waals surface area (Å²) in [5, 5.41) is 6.07. The summed E-state index contributed by atoms with van der Waals surface area (Å²) in [5.74, 6) is 0.326. The van der Waals surface area contributed by atoms with Crippen LogP contribution in [0.1, 0.15) is 15.9 Å². The summed E-state index contributed by atoms with van der Waals surface area (Å²) in [5.41, 5.74) is 3.64. The van der Waals surface area contributed by atoms with Crippen LogP contribution in [-0.2, 0) is 0 Å². The number of nitrogens with one attached hydrogen (secondary N) is 2. The molecule has 1 amide bonds. The maximum absolute atomic E-state index is 12.2. The number of carbonyl (C=O) groups is 1. The maximum Gasteiger partial charge on any atom is 0.256 e. The zero-order chi connectivity index (χ0) is 16.9. The summed E-state index contributed by atoms with van der Waals surface area (Å²) in [6, 6.07) is 18.9. The molecule has 120 valence electrons. The average molecular weight is 382 g/mol. The number of nitrogens with zero attached hydrogens (tertiary/aromatic N) is 1. The van der Waals surface area contributed by atoms with Crippen LogP contribution in [0.5, 0.6) is 0 Å². The van der Waals surface area contributed by atoms with E-state index in [0.29, 0.717) is 11.4 Å². The number of pyridine rings is 1. The quantitative estimate of drug-likeness (QED) is 0.656. The highest BCUT2D eigenvalue weighted by Gasteiger charge is 2.06. The van der Waals surface area contributed by atoms with Gasteiger partial charge in [-0.25, -0.2) is 4.98 Å². The van der Waals surface area contributed by atoms with Crippen LogP contribution in [-0.4, -0.2) is 10.9 Å². The second kappa shape index (κ2) is 7.27. The second-order valence-corrected chi connectivity index (χ2v) is 6.30. The molecule has 5 heteroatoms. The van der Waals surface area contributed by atoms with Crippen molar-refractivity contribution in [3.05, 3.63) is 82.5 Å². The van der Waals surface area contributed by atoms with Crippen LogP contribution in [0.2, 0.25) is 0 Å². The first-order valence-corrected chi connectivity index (χ1v) is 8.26. The van der Waals surface area contributed by atoms with Gasteiger partial charge in [-0.2, -0.15) is 0 Å². The number of anilines is 3. The number of amides is 1. The van der Waals surface area contributed by atoms with Gasteiger partial charge in [0.2, 0.25) is 0 Å². The van der Waals surface area contributed by atoms with Crippen LogP contribution < -0.4 is 10.6 Å². The van der Waals surface area contributed by atoms with Gasteiger partial charge < -0.3 is 10.6 Å². The summed E-state index contributed by atoms with van der Waals surface area (Å²) in [4.78, 5) is 16.4. The van der Waals surface area contributed by atoms with Crippen molar-refractivity contribution in [3.8, 4) is 0 Å². The summed E-state index contributed by atoms with van der Waals surface area (Å²) < 4.78 is 0.934. The Morgan fingerprint density at radius 3 is 2.46 bits per heavy atom. The van der Waals surface area contributed by atoms with Gasteiger partial charge in [0.15, 0.2) is 0 Å². The van der Waals surface area contributed by atoms with E-state index in [4.69, 9.17) is 0 Å². The van der Waals surface area contributed by atoms with Crippen LogP contribution in [0.25, 0.3) is 0 Å². The topological polar surface area (TPSA) is 54.0 Å². The molecule has 1 aromatic heterocycles. The molecule has 3 rings (SSSR count). The number of aromatic nitrogens is 1. The molecular weight excluding hydrogens is 366 g/mol. The van der Waals surface area contributed by atoms with Crippen LogP contribution in [0.15, 0.2) is 71.3 Å². The largest absolute Gasteiger partial charge is 0.354 e. The van der Waals surface area contributed by atoms with Crippen molar-refractivity contribution in [2.24, 2.45) is 0 Å². The molecule has 2 N–H and O–H groups in total. The van der Waals surface area contributed by atoms with Crippen molar-refractivity contribution < 1.29 is 4.79 Å². The monoisotopic (exact) mass is 381 g/mol. The van der Waals surface area contributed by atoms with Crippen molar-refractivity contribution in [1.29, 1.82) is 0 Å². The number of halogens is 1.